The molecule has 0 aromatic carbocycles. The number of Topliss-reactive ketones (excluding diaryl/α,β-unsaturated/α-hetero) is 2. The van der Waals surface area contributed by atoms with Gasteiger partial charge in [-0.3, -0.25) is 9.59 Å². The van der Waals surface area contributed by atoms with Crippen molar-refractivity contribution in [2.45, 2.75) is 91.4 Å². The Morgan fingerprint density at radius 2 is 0.963 bits per heavy atom. The van der Waals surface area contributed by atoms with E-state index >= 15 is 0 Å². The Labute approximate surface area is 177 Å². The van der Waals surface area contributed by atoms with E-state index in [0.717, 1.165) is 44.9 Å². The van der Waals surface area contributed by atoms with Crippen LogP contribution in [-0.2, 0) is 40.9 Å². The Hall–Kier alpha value is -1.05. The summed E-state index contributed by atoms with van der Waals surface area (Å²) < 4.78 is 0. The molecule has 0 amide bonds. The molecular formula is C19H34O7Ti. The number of carboxylic acid groups (broad SMARTS) is 2. The molecule has 8 heteroatoms. The summed E-state index contributed by atoms with van der Waals surface area (Å²) >= 11 is 0. The van der Waals surface area contributed by atoms with E-state index in [1.54, 1.807) is 0 Å². The molecule has 0 fully saturated rings. The monoisotopic (exact) mass is 422 g/mol. The van der Waals surface area contributed by atoms with E-state index in [-0.39, 0.29) is 33.3 Å². The van der Waals surface area contributed by atoms with Gasteiger partial charge in [-0.1, -0.05) is 46.5 Å². The molecule has 7 nitrogen and oxygen atoms in total. The SMILES string of the molecule is CCCCCC(=O)CC(=O)[O-].CCCCCC(=O)CC(=O)[O-].CCCO.[Ti+2]. The van der Waals surface area contributed by atoms with Crippen LogP contribution in [-0.4, -0.2) is 35.2 Å². The summed E-state index contributed by atoms with van der Waals surface area (Å²) in [5, 5.41) is 27.7. The van der Waals surface area contributed by atoms with Crippen LogP contribution in [0.5, 0.6) is 0 Å². The van der Waals surface area contributed by atoms with E-state index in [4.69, 9.17) is 5.11 Å². The minimum Gasteiger partial charge on any atom is -0.550 e. The topological polar surface area (TPSA) is 135 Å². The van der Waals surface area contributed by atoms with E-state index in [0.29, 0.717) is 19.4 Å². The number of unbranched alkanes of at least 4 members (excludes halogenated alkanes) is 4. The molecule has 0 radical (unpaired) electrons. The number of carbonyl (C=O) groups is 4. The van der Waals surface area contributed by atoms with Gasteiger partial charge < -0.3 is 24.9 Å². The predicted molar refractivity (Wildman–Crippen MR) is 94.9 cm³/mol. The maximum Gasteiger partial charge on any atom is 2.00 e. The Balaban J connectivity index is -0.000000159. The first kappa shape index (κ1) is 33.5. The average molecular weight is 422 g/mol. The minimum atomic E-state index is -1.27. The molecule has 0 unspecified atom stereocenters. The van der Waals surface area contributed by atoms with Gasteiger partial charge in [-0.2, -0.15) is 0 Å². The van der Waals surface area contributed by atoms with Gasteiger partial charge in [0.05, 0.1) is 0 Å². The second kappa shape index (κ2) is 27.2. The molecule has 0 atom stereocenters. The second-order valence-electron chi connectivity index (χ2n) is 5.81. The Morgan fingerprint density at radius 1 is 0.667 bits per heavy atom. The third-order valence-corrected chi connectivity index (χ3v) is 3.02. The van der Waals surface area contributed by atoms with Crippen LogP contribution in [0.3, 0.4) is 0 Å². The summed E-state index contributed by atoms with van der Waals surface area (Å²) in [4.78, 5) is 41.2. The summed E-state index contributed by atoms with van der Waals surface area (Å²) in [7, 11) is 0. The van der Waals surface area contributed by atoms with Crippen molar-refractivity contribution < 1.29 is 56.2 Å². The predicted octanol–water partition coefficient (Wildman–Crippen LogP) is 0.938. The summed E-state index contributed by atoms with van der Waals surface area (Å²) in [6.07, 6.45) is 6.41. The molecular weight excluding hydrogens is 388 g/mol. The molecule has 27 heavy (non-hydrogen) atoms. The largest absolute Gasteiger partial charge is 2.00 e. The molecule has 0 rings (SSSR count). The van der Waals surface area contributed by atoms with Crippen molar-refractivity contribution in [2.75, 3.05) is 6.61 Å². The second-order valence-corrected chi connectivity index (χ2v) is 5.81. The van der Waals surface area contributed by atoms with Gasteiger partial charge in [-0.15, -0.1) is 0 Å². The first-order valence-corrected chi connectivity index (χ1v) is 9.28. The Kier molecular flexibility index (Phi) is 33.8. The summed E-state index contributed by atoms with van der Waals surface area (Å²) in [5.41, 5.74) is 0. The first-order valence-electron chi connectivity index (χ1n) is 9.28. The maximum atomic E-state index is 10.7. The average Bonchev–Trinajstić information content (AvgIpc) is 2.55. The third-order valence-electron chi connectivity index (χ3n) is 3.02. The molecule has 156 valence electrons. The van der Waals surface area contributed by atoms with Crippen molar-refractivity contribution in [3.63, 3.8) is 0 Å². The molecule has 0 heterocycles. The number of hydrogen-bond acceptors (Lipinski definition) is 7. The van der Waals surface area contributed by atoms with Crippen molar-refractivity contribution >= 4 is 23.5 Å². The molecule has 0 aliphatic rings. The van der Waals surface area contributed by atoms with Gasteiger partial charge in [-0.25, -0.2) is 0 Å². The van der Waals surface area contributed by atoms with Gasteiger partial charge in [-0.05, 0) is 19.3 Å². The van der Waals surface area contributed by atoms with Gasteiger partial charge in [0.2, 0.25) is 0 Å². The number of ketones is 2. The molecule has 0 saturated heterocycles. The number of hydrogen-bond donors (Lipinski definition) is 1. The van der Waals surface area contributed by atoms with E-state index < -0.39 is 24.8 Å². The Morgan fingerprint density at radius 3 is 1.15 bits per heavy atom. The molecule has 0 bridgehead atoms. The van der Waals surface area contributed by atoms with E-state index in [9.17, 15) is 29.4 Å². The fourth-order valence-corrected chi connectivity index (χ4v) is 1.64. The van der Waals surface area contributed by atoms with Crippen LogP contribution in [0.25, 0.3) is 0 Å². The van der Waals surface area contributed by atoms with Crippen LogP contribution in [0, 0.1) is 0 Å². The minimum absolute atomic E-state index is 0. The summed E-state index contributed by atoms with van der Waals surface area (Å²) in [5.74, 6) is -2.99. The van der Waals surface area contributed by atoms with Crippen LogP contribution < -0.4 is 10.2 Å². The quantitative estimate of drug-likeness (QED) is 0.265. The Bertz CT molecular complexity index is 348. The number of aliphatic hydroxyl groups is 1. The zero-order valence-electron chi connectivity index (χ0n) is 16.9. The normalized spacial score (nSPS) is 8.89. The van der Waals surface area contributed by atoms with Gasteiger partial charge in [0.25, 0.3) is 0 Å². The molecule has 0 saturated carbocycles. The van der Waals surface area contributed by atoms with Crippen molar-refractivity contribution in [3.05, 3.63) is 0 Å². The van der Waals surface area contributed by atoms with Crippen LogP contribution in [0.2, 0.25) is 0 Å². The van der Waals surface area contributed by atoms with Gasteiger partial charge in [0.15, 0.2) is 0 Å². The van der Waals surface area contributed by atoms with Gasteiger partial charge in [0.1, 0.15) is 11.6 Å². The van der Waals surface area contributed by atoms with Crippen molar-refractivity contribution in [3.8, 4) is 0 Å². The number of carboxylic acids is 2. The first-order chi connectivity index (χ1) is 12.2. The zero-order valence-corrected chi connectivity index (χ0v) is 18.4. The fourth-order valence-electron chi connectivity index (χ4n) is 1.64. The van der Waals surface area contributed by atoms with E-state index in [2.05, 4.69) is 0 Å². The summed E-state index contributed by atoms with van der Waals surface area (Å²) in [6, 6.07) is 0. The fraction of sp³-hybridized carbons (Fsp3) is 0.789. The number of rotatable bonds is 13. The molecule has 0 aliphatic carbocycles. The van der Waals surface area contributed by atoms with Crippen molar-refractivity contribution in [2.24, 2.45) is 0 Å². The van der Waals surface area contributed by atoms with Gasteiger partial charge >= 0.3 is 21.7 Å². The number of aliphatic hydroxyl groups excluding tert-OH is 1. The van der Waals surface area contributed by atoms with E-state index in [1.165, 1.54) is 0 Å². The molecule has 0 aliphatic heterocycles. The number of carbonyl (C=O) groups excluding carboxylic acids is 4. The smallest absolute Gasteiger partial charge is 0.550 e. The van der Waals surface area contributed by atoms with Crippen LogP contribution in [0.1, 0.15) is 91.4 Å². The third kappa shape index (κ3) is 40.8. The van der Waals surface area contributed by atoms with Crippen molar-refractivity contribution in [1.29, 1.82) is 0 Å². The standard InChI is InChI=1S/2C8H14O3.C3H8O.Ti/c2*1-2-3-4-5-7(9)6-8(10)11;1-2-3-4;/h2*2-6H2,1H3,(H,10,11);4H,2-3H2,1H3;/q;;;+2/p-2. The molecule has 0 spiro atoms. The molecule has 1 N–H and O–H groups in total. The van der Waals surface area contributed by atoms with Crippen LogP contribution in [0.15, 0.2) is 0 Å². The van der Waals surface area contributed by atoms with Gasteiger partial charge in [0, 0.05) is 44.2 Å². The zero-order chi connectivity index (χ0) is 20.8. The van der Waals surface area contributed by atoms with E-state index in [1.807, 2.05) is 20.8 Å². The summed E-state index contributed by atoms with van der Waals surface area (Å²) in [6.45, 7) is 6.31. The van der Waals surface area contributed by atoms with Crippen LogP contribution in [0.4, 0.5) is 0 Å². The number of aliphatic carboxylic acids is 2. The molecule has 0 aromatic heterocycles. The maximum absolute atomic E-state index is 10.7. The van der Waals surface area contributed by atoms with Crippen LogP contribution >= 0.6 is 0 Å². The van der Waals surface area contributed by atoms with Crippen molar-refractivity contribution in [1.82, 2.24) is 0 Å². The molecule has 0 aromatic rings.